The van der Waals surface area contributed by atoms with Crippen LogP contribution in [-0.4, -0.2) is 26.6 Å². The van der Waals surface area contributed by atoms with Crippen molar-refractivity contribution in [3.8, 4) is 5.69 Å². The molecule has 0 saturated carbocycles. The first-order chi connectivity index (χ1) is 12.1. The Morgan fingerprint density at radius 2 is 1.84 bits per heavy atom. The number of benzene rings is 2. The van der Waals surface area contributed by atoms with E-state index in [1.54, 1.807) is 4.57 Å². The maximum absolute atomic E-state index is 12.6. The van der Waals surface area contributed by atoms with Crippen LogP contribution >= 0.6 is 11.8 Å². The highest BCUT2D eigenvalue weighted by molar-refractivity contribution is 7.98. The number of carbonyl (C=O) groups excluding carboxylic acids is 1. The standard InChI is InChI=1S/C17H14N4O3S/c1-25-17-18-11-15(20(17)13-5-3-2-4-6-13)16(22)19-12-7-9-14(10-8-12)21(23)24/h2-11H,1H3,(H,19,22). The molecular formula is C17H14N4O3S. The summed E-state index contributed by atoms with van der Waals surface area (Å²) in [5.74, 6) is -0.342. The topological polar surface area (TPSA) is 90.1 Å². The van der Waals surface area contributed by atoms with Gasteiger partial charge in [-0.05, 0) is 30.5 Å². The third-order valence-electron chi connectivity index (χ3n) is 3.50. The fourth-order valence-electron chi connectivity index (χ4n) is 2.33. The molecule has 3 rings (SSSR count). The van der Waals surface area contributed by atoms with Crippen LogP contribution in [0.3, 0.4) is 0 Å². The Kier molecular flexibility index (Phi) is 4.80. The Hall–Kier alpha value is -3.13. The van der Waals surface area contributed by atoms with E-state index in [4.69, 9.17) is 0 Å². The maximum Gasteiger partial charge on any atom is 0.274 e. The van der Waals surface area contributed by atoms with E-state index in [1.165, 1.54) is 42.2 Å². The molecule has 0 radical (unpaired) electrons. The van der Waals surface area contributed by atoms with E-state index in [0.29, 0.717) is 16.5 Å². The molecule has 0 bridgehead atoms. The highest BCUT2D eigenvalue weighted by Crippen LogP contribution is 2.23. The van der Waals surface area contributed by atoms with Crippen LogP contribution in [0.5, 0.6) is 0 Å². The van der Waals surface area contributed by atoms with Crippen LogP contribution in [0.25, 0.3) is 5.69 Å². The molecule has 0 aliphatic carbocycles. The molecule has 3 aromatic rings. The van der Waals surface area contributed by atoms with Crippen molar-refractivity contribution in [3.05, 3.63) is 76.6 Å². The van der Waals surface area contributed by atoms with Crippen LogP contribution in [0, 0.1) is 10.1 Å². The van der Waals surface area contributed by atoms with Gasteiger partial charge in [-0.3, -0.25) is 19.5 Å². The molecule has 0 fully saturated rings. The Bertz CT molecular complexity index is 907. The quantitative estimate of drug-likeness (QED) is 0.428. The molecule has 8 heteroatoms. The first-order valence-corrected chi connectivity index (χ1v) is 8.55. The number of nitro benzene ring substituents is 1. The van der Waals surface area contributed by atoms with Crippen LogP contribution in [0.15, 0.2) is 66.0 Å². The Morgan fingerprint density at radius 3 is 2.44 bits per heavy atom. The summed E-state index contributed by atoms with van der Waals surface area (Å²) in [6.07, 6.45) is 3.40. The van der Waals surface area contributed by atoms with E-state index in [-0.39, 0.29) is 11.6 Å². The third-order valence-corrected chi connectivity index (χ3v) is 4.15. The number of carbonyl (C=O) groups is 1. The highest BCUT2D eigenvalue weighted by Gasteiger charge is 2.18. The second-order valence-electron chi connectivity index (χ2n) is 5.06. The van der Waals surface area contributed by atoms with Gasteiger partial charge in [0.2, 0.25) is 0 Å². The summed E-state index contributed by atoms with van der Waals surface area (Å²) in [7, 11) is 0. The van der Waals surface area contributed by atoms with E-state index in [9.17, 15) is 14.9 Å². The van der Waals surface area contributed by atoms with E-state index in [0.717, 1.165) is 5.69 Å². The summed E-state index contributed by atoms with van der Waals surface area (Å²) in [5.41, 5.74) is 1.66. The van der Waals surface area contributed by atoms with Crippen molar-refractivity contribution in [2.75, 3.05) is 11.6 Å². The number of non-ortho nitro benzene ring substituents is 1. The molecule has 0 unspecified atom stereocenters. The van der Waals surface area contributed by atoms with E-state index < -0.39 is 4.92 Å². The number of nitrogens with one attached hydrogen (secondary N) is 1. The molecule has 0 atom stereocenters. The van der Waals surface area contributed by atoms with Crippen molar-refractivity contribution in [3.63, 3.8) is 0 Å². The lowest BCUT2D eigenvalue weighted by molar-refractivity contribution is -0.384. The second-order valence-corrected chi connectivity index (χ2v) is 5.83. The number of aromatic nitrogens is 2. The zero-order valence-corrected chi connectivity index (χ0v) is 14.1. The molecule has 0 saturated heterocycles. The summed E-state index contributed by atoms with van der Waals surface area (Å²) in [4.78, 5) is 27.1. The van der Waals surface area contributed by atoms with Crippen molar-refractivity contribution in [2.45, 2.75) is 5.16 Å². The molecule has 0 spiro atoms. The first kappa shape index (κ1) is 16.7. The van der Waals surface area contributed by atoms with Crippen molar-refractivity contribution >= 4 is 29.0 Å². The number of imidazole rings is 1. The lowest BCUT2D eigenvalue weighted by Crippen LogP contribution is -2.16. The molecule has 1 amide bonds. The molecule has 1 aromatic heterocycles. The Balaban J connectivity index is 1.90. The summed E-state index contributed by atoms with van der Waals surface area (Å²) in [5, 5.41) is 14.1. The number of nitro groups is 1. The molecule has 1 N–H and O–H groups in total. The fraction of sp³-hybridized carbons (Fsp3) is 0.0588. The number of para-hydroxylation sites is 1. The van der Waals surface area contributed by atoms with Gasteiger partial charge < -0.3 is 5.32 Å². The number of nitrogens with zero attached hydrogens (tertiary/aromatic N) is 3. The van der Waals surface area contributed by atoms with Crippen molar-refractivity contribution in [2.24, 2.45) is 0 Å². The molecular weight excluding hydrogens is 340 g/mol. The van der Waals surface area contributed by atoms with Crippen molar-refractivity contribution in [1.82, 2.24) is 9.55 Å². The monoisotopic (exact) mass is 354 g/mol. The van der Waals surface area contributed by atoms with Gasteiger partial charge in [0, 0.05) is 23.5 Å². The maximum atomic E-state index is 12.6. The van der Waals surface area contributed by atoms with Gasteiger partial charge in [0.25, 0.3) is 11.6 Å². The molecule has 1 heterocycles. The van der Waals surface area contributed by atoms with Crippen LogP contribution in [0.2, 0.25) is 0 Å². The zero-order chi connectivity index (χ0) is 17.8. The summed E-state index contributed by atoms with van der Waals surface area (Å²) in [6, 6.07) is 15.1. The summed E-state index contributed by atoms with van der Waals surface area (Å²) < 4.78 is 1.77. The van der Waals surface area contributed by atoms with Gasteiger partial charge in [-0.25, -0.2) is 4.98 Å². The number of rotatable bonds is 5. The van der Waals surface area contributed by atoms with Crippen LogP contribution in [0.1, 0.15) is 10.5 Å². The van der Waals surface area contributed by atoms with Crippen molar-refractivity contribution < 1.29 is 9.72 Å². The van der Waals surface area contributed by atoms with Crippen LogP contribution in [0.4, 0.5) is 11.4 Å². The smallest absolute Gasteiger partial charge is 0.274 e. The van der Waals surface area contributed by atoms with E-state index >= 15 is 0 Å². The van der Waals surface area contributed by atoms with Crippen LogP contribution in [-0.2, 0) is 0 Å². The number of hydrogen-bond acceptors (Lipinski definition) is 5. The summed E-state index contributed by atoms with van der Waals surface area (Å²) in [6.45, 7) is 0. The van der Waals surface area contributed by atoms with Gasteiger partial charge in [-0.2, -0.15) is 0 Å². The van der Waals surface area contributed by atoms with Gasteiger partial charge in [0.15, 0.2) is 5.16 Å². The zero-order valence-electron chi connectivity index (χ0n) is 13.2. The normalized spacial score (nSPS) is 10.4. The van der Waals surface area contributed by atoms with Gasteiger partial charge in [0.05, 0.1) is 11.1 Å². The number of amides is 1. The minimum Gasteiger partial charge on any atom is -0.321 e. The van der Waals surface area contributed by atoms with Gasteiger partial charge in [-0.1, -0.05) is 30.0 Å². The second kappa shape index (κ2) is 7.18. The Labute approximate surface area is 147 Å². The molecule has 2 aromatic carbocycles. The van der Waals surface area contributed by atoms with Gasteiger partial charge >= 0.3 is 0 Å². The predicted molar refractivity (Wildman–Crippen MR) is 96.4 cm³/mol. The fourth-order valence-corrected chi connectivity index (χ4v) is 2.87. The van der Waals surface area contributed by atoms with E-state index in [1.807, 2.05) is 36.6 Å². The average molecular weight is 354 g/mol. The SMILES string of the molecule is CSc1ncc(C(=O)Nc2ccc([N+](=O)[O-])cc2)n1-c1ccccc1. The molecule has 126 valence electrons. The number of thioether (sulfide) groups is 1. The number of hydrogen-bond donors (Lipinski definition) is 1. The third kappa shape index (κ3) is 3.53. The largest absolute Gasteiger partial charge is 0.321 e. The molecule has 0 aliphatic rings. The average Bonchev–Trinajstić information content (AvgIpc) is 3.07. The summed E-state index contributed by atoms with van der Waals surface area (Å²) >= 11 is 1.44. The van der Waals surface area contributed by atoms with Gasteiger partial charge in [-0.15, -0.1) is 0 Å². The lowest BCUT2D eigenvalue weighted by atomic mass is 10.2. The lowest BCUT2D eigenvalue weighted by Gasteiger charge is -2.11. The molecule has 0 aliphatic heterocycles. The molecule has 25 heavy (non-hydrogen) atoms. The van der Waals surface area contributed by atoms with Gasteiger partial charge in [0.1, 0.15) is 5.69 Å². The van der Waals surface area contributed by atoms with E-state index in [2.05, 4.69) is 10.3 Å². The molecule has 7 nitrogen and oxygen atoms in total. The first-order valence-electron chi connectivity index (χ1n) is 7.33. The van der Waals surface area contributed by atoms with Crippen molar-refractivity contribution in [1.29, 1.82) is 0 Å². The number of anilines is 1. The highest BCUT2D eigenvalue weighted by atomic mass is 32.2. The minimum atomic E-state index is -0.485. The Morgan fingerprint density at radius 1 is 1.16 bits per heavy atom. The van der Waals surface area contributed by atoms with Crippen LogP contribution < -0.4 is 5.32 Å². The predicted octanol–water partition coefficient (Wildman–Crippen LogP) is 3.75. The minimum absolute atomic E-state index is 0.0306.